The number of piperazine rings is 1. The standard InChI is InChI=1S/C25H29N3O4/c1-17-9-18(2)11-21(10-17)28-15-20(13-24(28)29)25(30)27-7-5-26(6-8-27)14-19-3-4-22-23(12-19)32-16-31-22/h3-4,9-12,20H,5-8,13-16H2,1-2H3. The maximum absolute atomic E-state index is 13.1. The van der Waals surface area contributed by atoms with Gasteiger partial charge in [-0.2, -0.15) is 0 Å². The second kappa shape index (κ2) is 8.47. The molecule has 3 heterocycles. The highest BCUT2D eigenvalue weighted by Crippen LogP contribution is 2.33. The van der Waals surface area contributed by atoms with Gasteiger partial charge in [0.1, 0.15) is 0 Å². The topological polar surface area (TPSA) is 62.3 Å². The minimum absolute atomic E-state index is 0.0368. The summed E-state index contributed by atoms with van der Waals surface area (Å²) in [6.07, 6.45) is 0.295. The number of carbonyl (C=O) groups is 2. The first kappa shape index (κ1) is 20.8. The van der Waals surface area contributed by atoms with Crippen molar-refractivity contribution in [3.63, 3.8) is 0 Å². The Balaban J connectivity index is 1.16. The predicted molar refractivity (Wildman–Crippen MR) is 121 cm³/mol. The molecule has 32 heavy (non-hydrogen) atoms. The van der Waals surface area contributed by atoms with Crippen molar-refractivity contribution in [2.24, 2.45) is 5.92 Å². The van der Waals surface area contributed by atoms with E-state index in [0.717, 1.165) is 47.9 Å². The number of carbonyl (C=O) groups excluding carboxylic acids is 2. The molecule has 2 aromatic rings. The molecule has 2 aromatic carbocycles. The SMILES string of the molecule is Cc1cc(C)cc(N2CC(C(=O)N3CCN(Cc4ccc5c(c4)OCO5)CC3)CC2=O)c1. The zero-order valence-electron chi connectivity index (χ0n) is 18.7. The number of rotatable bonds is 4. The van der Waals surface area contributed by atoms with Gasteiger partial charge in [-0.3, -0.25) is 14.5 Å². The molecule has 2 amide bonds. The van der Waals surface area contributed by atoms with E-state index in [1.807, 2.05) is 43.0 Å². The summed E-state index contributed by atoms with van der Waals surface area (Å²) in [4.78, 5) is 31.9. The number of hydrogen-bond donors (Lipinski definition) is 0. The van der Waals surface area contributed by atoms with Crippen LogP contribution >= 0.6 is 0 Å². The van der Waals surface area contributed by atoms with Gasteiger partial charge >= 0.3 is 0 Å². The Kier molecular flexibility index (Phi) is 5.51. The van der Waals surface area contributed by atoms with Crippen LogP contribution < -0.4 is 14.4 Å². The van der Waals surface area contributed by atoms with Gasteiger partial charge in [-0.1, -0.05) is 12.1 Å². The Bertz CT molecular complexity index is 1030. The third-order valence-corrected chi connectivity index (χ3v) is 6.52. The highest BCUT2D eigenvalue weighted by Gasteiger charge is 2.38. The summed E-state index contributed by atoms with van der Waals surface area (Å²) in [6, 6.07) is 12.2. The van der Waals surface area contributed by atoms with Crippen molar-refractivity contribution < 1.29 is 19.1 Å². The molecule has 0 saturated carbocycles. The van der Waals surface area contributed by atoms with E-state index in [-0.39, 0.29) is 24.5 Å². The molecule has 3 aliphatic rings. The lowest BCUT2D eigenvalue weighted by atomic mass is 10.1. The number of aryl methyl sites for hydroxylation is 2. The first-order valence-electron chi connectivity index (χ1n) is 11.2. The monoisotopic (exact) mass is 435 g/mol. The smallest absolute Gasteiger partial charge is 0.231 e. The van der Waals surface area contributed by atoms with Crippen molar-refractivity contribution in [2.75, 3.05) is 44.4 Å². The van der Waals surface area contributed by atoms with Gasteiger partial charge in [0.2, 0.25) is 18.6 Å². The molecule has 0 radical (unpaired) electrons. The van der Waals surface area contributed by atoms with Gasteiger partial charge in [0.05, 0.1) is 5.92 Å². The third kappa shape index (κ3) is 4.17. The first-order chi connectivity index (χ1) is 15.5. The molecule has 1 atom stereocenters. The second-order valence-corrected chi connectivity index (χ2v) is 9.04. The Morgan fingerprint density at radius 1 is 0.969 bits per heavy atom. The maximum Gasteiger partial charge on any atom is 0.231 e. The van der Waals surface area contributed by atoms with Crippen LogP contribution in [0.4, 0.5) is 5.69 Å². The summed E-state index contributed by atoms with van der Waals surface area (Å²) in [6.45, 7) is 8.66. The van der Waals surface area contributed by atoms with Crippen molar-refractivity contribution in [3.05, 3.63) is 53.1 Å². The van der Waals surface area contributed by atoms with Gasteiger partial charge < -0.3 is 19.3 Å². The molecule has 2 fully saturated rings. The predicted octanol–water partition coefficient (Wildman–Crippen LogP) is 2.73. The molecule has 7 nitrogen and oxygen atoms in total. The number of fused-ring (bicyclic) bond motifs is 1. The molecule has 0 bridgehead atoms. The number of benzene rings is 2. The van der Waals surface area contributed by atoms with Gasteiger partial charge in [-0.25, -0.2) is 0 Å². The Morgan fingerprint density at radius 3 is 2.44 bits per heavy atom. The van der Waals surface area contributed by atoms with Gasteiger partial charge in [-0.15, -0.1) is 0 Å². The van der Waals surface area contributed by atoms with Crippen LogP contribution in [0.15, 0.2) is 36.4 Å². The number of anilines is 1. The van der Waals surface area contributed by atoms with Crippen molar-refractivity contribution in [1.29, 1.82) is 0 Å². The van der Waals surface area contributed by atoms with Crippen molar-refractivity contribution in [1.82, 2.24) is 9.80 Å². The fraction of sp³-hybridized carbons (Fsp3) is 0.440. The molecular formula is C25H29N3O4. The van der Waals surface area contributed by atoms with Gasteiger partial charge in [-0.05, 0) is 54.8 Å². The van der Waals surface area contributed by atoms with Crippen LogP contribution in [0.25, 0.3) is 0 Å². The van der Waals surface area contributed by atoms with E-state index in [2.05, 4.69) is 17.0 Å². The van der Waals surface area contributed by atoms with Gasteiger partial charge in [0.15, 0.2) is 11.5 Å². The number of ether oxygens (including phenoxy) is 2. The van der Waals surface area contributed by atoms with Gasteiger partial charge in [0, 0.05) is 51.4 Å². The molecular weight excluding hydrogens is 406 g/mol. The van der Waals surface area contributed by atoms with Crippen molar-refractivity contribution >= 4 is 17.5 Å². The van der Waals surface area contributed by atoms with E-state index in [1.54, 1.807) is 4.90 Å². The summed E-state index contributed by atoms with van der Waals surface area (Å²) >= 11 is 0. The van der Waals surface area contributed by atoms with Crippen LogP contribution in [0.2, 0.25) is 0 Å². The largest absolute Gasteiger partial charge is 0.454 e. The third-order valence-electron chi connectivity index (χ3n) is 6.52. The van der Waals surface area contributed by atoms with Gasteiger partial charge in [0.25, 0.3) is 0 Å². The van der Waals surface area contributed by atoms with Crippen LogP contribution in [-0.2, 0) is 16.1 Å². The summed E-state index contributed by atoms with van der Waals surface area (Å²) in [5.41, 5.74) is 4.33. The summed E-state index contributed by atoms with van der Waals surface area (Å²) < 4.78 is 10.9. The highest BCUT2D eigenvalue weighted by molar-refractivity contribution is 6.00. The molecule has 0 aromatic heterocycles. The van der Waals surface area contributed by atoms with E-state index in [1.165, 1.54) is 5.56 Å². The molecule has 1 unspecified atom stereocenters. The number of hydrogen-bond acceptors (Lipinski definition) is 5. The second-order valence-electron chi connectivity index (χ2n) is 9.04. The number of nitrogens with zero attached hydrogens (tertiary/aromatic N) is 3. The minimum Gasteiger partial charge on any atom is -0.454 e. The molecule has 0 spiro atoms. The summed E-state index contributed by atoms with van der Waals surface area (Å²) in [5, 5.41) is 0. The fourth-order valence-corrected chi connectivity index (χ4v) is 4.91. The summed E-state index contributed by atoms with van der Waals surface area (Å²) in [7, 11) is 0. The maximum atomic E-state index is 13.1. The van der Waals surface area contributed by atoms with Crippen LogP contribution in [0.1, 0.15) is 23.1 Å². The zero-order valence-corrected chi connectivity index (χ0v) is 18.7. The van der Waals surface area contributed by atoms with Crippen LogP contribution in [0, 0.1) is 19.8 Å². The first-order valence-corrected chi connectivity index (χ1v) is 11.2. The van der Waals surface area contributed by atoms with Crippen molar-refractivity contribution in [2.45, 2.75) is 26.8 Å². The quantitative estimate of drug-likeness (QED) is 0.739. The van der Waals surface area contributed by atoms with E-state index < -0.39 is 0 Å². The molecule has 3 aliphatic heterocycles. The van der Waals surface area contributed by atoms with E-state index in [4.69, 9.17) is 9.47 Å². The lowest BCUT2D eigenvalue weighted by Gasteiger charge is -2.36. The van der Waals surface area contributed by atoms with Crippen LogP contribution in [0.5, 0.6) is 11.5 Å². The molecule has 5 rings (SSSR count). The van der Waals surface area contributed by atoms with E-state index >= 15 is 0 Å². The minimum atomic E-state index is -0.260. The molecule has 7 heteroatoms. The van der Waals surface area contributed by atoms with Crippen LogP contribution in [0.3, 0.4) is 0 Å². The Morgan fingerprint density at radius 2 is 1.69 bits per heavy atom. The highest BCUT2D eigenvalue weighted by atomic mass is 16.7. The zero-order chi connectivity index (χ0) is 22.2. The van der Waals surface area contributed by atoms with Crippen molar-refractivity contribution in [3.8, 4) is 11.5 Å². The van der Waals surface area contributed by atoms with E-state index in [9.17, 15) is 9.59 Å². The number of amides is 2. The normalized spacial score (nSPS) is 20.8. The Labute approximate surface area is 188 Å². The van der Waals surface area contributed by atoms with Crippen LogP contribution in [-0.4, -0.2) is 61.1 Å². The summed E-state index contributed by atoms with van der Waals surface area (Å²) in [5.74, 6) is 1.48. The molecule has 0 aliphatic carbocycles. The lowest BCUT2D eigenvalue weighted by molar-refractivity contribution is -0.137. The van der Waals surface area contributed by atoms with E-state index in [0.29, 0.717) is 26.1 Å². The average molecular weight is 436 g/mol. The molecule has 2 saturated heterocycles. The fourth-order valence-electron chi connectivity index (χ4n) is 4.91. The lowest BCUT2D eigenvalue weighted by Crippen LogP contribution is -2.50. The molecule has 0 N–H and O–H groups in total. The average Bonchev–Trinajstić information content (AvgIpc) is 3.39. The Hall–Kier alpha value is -3.06. The molecule has 168 valence electrons.